The van der Waals surface area contributed by atoms with Crippen molar-refractivity contribution in [3.8, 4) is 0 Å². The van der Waals surface area contributed by atoms with E-state index in [2.05, 4.69) is 53.5 Å². The van der Waals surface area contributed by atoms with Gasteiger partial charge in [-0.1, -0.05) is 60.7 Å². The highest BCUT2D eigenvalue weighted by Gasteiger charge is 2.35. The summed E-state index contributed by atoms with van der Waals surface area (Å²) >= 11 is 0. The van der Waals surface area contributed by atoms with E-state index in [-0.39, 0.29) is 23.2 Å². The maximum atomic E-state index is 13.3. The summed E-state index contributed by atoms with van der Waals surface area (Å²) in [7, 11) is 0. The molecule has 3 heterocycles. The van der Waals surface area contributed by atoms with Crippen LogP contribution in [0.2, 0.25) is 0 Å². The smallest absolute Gasteiger partial charge is 0.338 e. The molecule has 0 saturated heterocycles. The van der Waals surface area contributed by atoms with Crippen molar-refractivity contribution in [2.24, 2.45) is 0 Å². The van der Waals surface area contributed by atoms with Crippen LogP contribution < -0.4 is 15.4 Å². The summed E-state index contributed by atoms with van der Waals surface area (Å²) in [5.41, 5.74) is 3.37. The molecular formula is C30H30N3O3+. The van der Waals surface area contributed by atoms with Crippen LogP contribution in [0, 0.1) is 6.92 Å². The molecule has 5 rings (SSSR count). The van der Waals surface area contributed by atoms with Gasteiger partial charge in [0.15, 0.2) is 12.4 Å². The molecule has 0 spiro atoms. The van der Waals surface area contributed by atoms with E-state index in [1.165, 1.54) is 11.6 Å². The first-order chi connectivity index (χ1) is 17.6. The topological polar surface area (TPSA) is 64.2 Å². The van der Waals surface area contributed by atoms with Gasteiger partial charge in [-0.05, 0) is 36.1 Å². The number of anilines is 1. The van der Waals surface area contributed by atoms with Crippen LogP contribution in [0.1, 0.15) is 52.0 Å². The average Bonchev–Trinajstić information content (AvgIpc) is 3.31. The molecular weight excluding hydrogens is 450 g/mol. The number of rotatable bonds is 8. The van der Waals surface area contributed by atoms with Gasteiger partial charge in [-0.3, -0.25) is 9.36 Å². The van der Waals surface area contributed by atoms with Crippen molar-refractivity contribution in [3.63, 3.8) is 0 Å². The maximum Gasteiger partial charge on any atom is 0.338 e. The Kier molecular flexibility index (Phi) is 6.94. The number of aryl methyl sites for hydroxylation is 2. The molecule has 6 heteroatoms. The van der Waals surface area contributed by atoms with E-state index in [9.17, 15) is 9.59 Å². The van der Waals surface area contributed by atoms with Crippen LogP contribution in [0.15, 0.2) is 102 Å². The summed E-state index contributed by atoms with van der Waals surface area (Å²) in [4.78, 5) is 26.0. The van der Waals surface area contributed by atoms with E-state index >= 15 is 0 Å². The van der Waals surface area contributed by atoms with Crippen LogP contribution in [0.4, 0.5) is 5.82 Å². The number of unbranched alkanes of at least 4 members (excludes halogenated alkanes) is 1. The number of fused-ring (bicyclic) bond motifs is 1. The molecule has 4 aromatic rings. The van der Waals surface area contributed by atoms with Crippen LogP contribution in [0.25, 0.3) is 0 Å². The van der Waals surface area contributed by atoms with Crippen LogP contribution >= 0.6 is 0 Å². The van der Waals surface area contributed by atoms with E-state index in [0.29, 0.717) is 12.4 Å². The minimum Gasteiger partial charge on any atom is -0.462 e. The molecule has 1 aliphatic rings. The van der Waals surface area contributed by atoms with E-state index in [4.69, 9.17) is 4.74 Å². The summed E-state index contributed by atoms with van der Waals surface area (Å²) in [5.74, 6) is 0.146. The van der Waals surface area contributed by atoms with E-state index in [1.807, 2.05) is 48.5 Å². The number of hydrogen-bond donors (Lipinski definition) is 1. The molecule has 0 radical (unpaired) electrons. The van der Waals surface area contributed by atoms with Crippen molar-refractivity contribution in [2.45, 2.75) is 38.4 Å². The molecule has 0 saturated carbocycles. The predicted molar refractivity (Wildman–Crippen MR) is 139 cm³/mol. The quantitative estimate of drug-likeness (QED) is 0.223. The highest BCUT2D eigenvalue weighted by atomic mass is 16.5. The number of hydrogen-bond acceptors (Lipinski definition) is 4. The third-order valence-electron chi connectivity index (χ3n) is 6.60. The predicted octanol–water partition coefficient (Wildman–Crippen LogP) is 4.84. The highest BCUT2D eigenvalue weighted by Crippen LogP contribution is 2.41. The van der Waals surface area contributed by atoms with Gasteiger partial charge in [0, 0.05) is 24.6 Å². The van der Waals surface area contributed by atoms with Gasteiger partial charge in [-0.2, -0.15) is 0 Å². The lowest BCUT2D eigenvalue weighted by Crippen LogP contribution is -2.32. The zero-order valence-electron chi connectivity index (χ0n) is 20.3. The zero-order valence-corrected chi connectivity index (χ0v) is 20.3. The maximum absolute atomic E-state index is 13.3. The second-order valence-electron chi connectivity index (χ2n) is 9.18. The van der Waals surface area contributed by atoms with Crippen LogP contribution in [-0.4, -0.2) is 17.1 Å². The van der Waals surface area contributed by atoms with Crippen molar-refractivity contribution in [1.82, 2.24) is 4.57 Å². The number of esters is 1. The minimum absolute atomic E-state index is 0.133. The summed E-state index contributed by atoms with van der Waals surface area (Å²) in [6, 6.07) is 26.9. The Labute approximate surface area is 210 Å². The van der Waals surface area contributed by atoms with Gasteiger partial charge in [0.05, 0.1) is 24.3 Å². The van der Waals surface area contributed by atoms with E-state index < -0.39 is 5.97 Å². The van der Waals surface area contributed by atoms with Crippen molar-refractivity contribution in [3.05, 3.63) is 130 Å². The highest BCUT2D eigenvalue weighted by molar-refractivity contribution is 5.90. The molecule has 1 aliphatic heterocycles. The molecule has 2 atom stereocenters. The van der Waals surface area contributed by atoms with E-state index in [1.54, 1.807) is 10.6 Å². The fraction of sp³-hybridized carbons (Fsp3) is 0.233. The molecule has 2 aromatic heterocycles. The Morgan fingerprint density at radius 1 is 0.917 bits per heavy atom. The van der Waals surface area contributed by atoms with Gasteiger partial charge in [-0.25, -0.2) is 9.36 Å². The summed E-state index contributed by atoms with van der Waals surface area (Å²) in [6.07, 6.45) is 5.75. The number of carbonyl (C=O) groups excluding carboxylic acids is 1. The fourth-order valence-electron chi connectivity index (χ4n) is 4.73. The monoisotopic (exact) mass is 480 g/mol. The molecule has 182 valence electrons. The number of nitrogens with zero attached hydrogens (tertiary/aromatic N) is 2. The third-order valence-corrected chi connectivity index (χ3v) is 6.60. The molecule has 1 N–H and O–H groups in total. The zero-order chi connectivity index (χ0) is 24.9. The first-order valence-corrected chi connectivity index (χ1v) is 12.4. The summed E-state index contributed by atoms with van der Waals surface area (Å²) in [5, 5.41) is 3.49. The Hall–Kier alpha value is -4.19. The van der Waals surface area contributed by atoms with Gasteiger partial charge in [0.2, 0.25) is 0 Å². The van der Waals surface area contributed by atoms with Crippen molar-refractivity contribution in [2.75, 3.05) is 11.9 Å². The van der Waals surface area contributed by atoms with E-state index in [0.717, 1.165) is 30.5 Å². The Morgan fingerprint density at radius 3 is 2.28 bits per heavy atom. The SMILES string of the molecule is Cc1cc[n+](CCCCOC(=O)c2cc3n(c(=O)c2)C(c2ccccc2)C(c2ccccc2)N3)cc1. The molecule has 2 unspecified atom stereocenters. The van der Waals surface area contributed by atoms with Crippen molar-refractivity contribution < 1.29 is 14.1 Å². The molecule has 36 heavy (non-hydrogen) atoms. The number of pyridine rings is 2. The fourth-order valence-corrected chi connectivity index (χ4v) is 4.73. The number of aromatic nitrogens is 2. The summed E-state index contributed by atoms with van der Waals surface area (Å²) in [6.45, 7) is 3.24. The lowest BCUT2D eigenvalue weighted by atomic mass is 9.94. The van der Waals surface area contributed by atoms with Crippen LogP contribution in [0.5, 0.6) is 0 Å². The third kappa shape index (κ3) is 5.08. The molecule has 0 amide bonds. The second kappa shape index (κ2) is 10.6. The number of ether oxygens (including phenoxy) is 1. The Bertz CT molecular complexity index is 1380. The standard InChI is InChI=1S/C30H29N3O3/c1-22-14-17-32(18-15-22)16-8-9-19-36-30(35)25-20-26-31-28(23-10-4-2-5-11-23)29(33(26)27(34)21-25)24-12-6-3-7-13-24/h2-7,10-15,17-18,20-21,28-29H,8-9,16,19H2,1H3/p+1. The van der Waals surface area contributed by atoms with Crippen LogP contribution in [0.3, 0.4) is 0 Å². The number of benzene rings is 2. The molecule has 6 nitrogen and oxygen atoms in total. The lowest BCUT2D eigenvalue weighted by molar-refractivity contribution is -0.697. The second-order valence-corrected chi connectivity index (χ2v) is 9.18. The number of nitrogens with one attached hydrogen (secondary N) is 1. The molecule has 0 aliphatic carbocycles. The van der Waals surface area contributed by atoms with Crippen molar-refractivity contribution >= 4 is 11.8 Å². The largest absolute Gasteiger partial charge is 0.462 e. The molecule has 2 aromatic carbocycles. The molecule has 0 bridgehead atoms. The average molecular weight is 481 g/mol. The molecule has 0 fully saturated rings. The first-order valence-electron chi connectivity index (χ1n) is 12.4. The van der Waals surface area contributed by atoms with Crippen LogP contribution in [-0.2, 0) is 11.3 Å². The van der Waals surface area contributed by atoms with Gasteiger partial charge in [0.1, 0.15) is 12.4 Å². The lowest BCUT2D eigenvalue weighted by Gasteiger charge is -2.21. The minimum atomic E-state index is -0.472. The van der Waals surface area contributed by atoms with Gasteiger partial charge in [-0.15, -0.1) is 0 Å². The van der Waals surface area contributed by atoms with Gasteiger partial charge < -0.3 is 10.1 Å². The normalized spacial score (nSPS) is 16.2. The first kappa shape index (κ1) is 23.5. The number of carbonyl (C=O) groups is 1. The summed E-state index contributed by atoms with van der Waals surface area (Å²) < 4.78 is 9.36. The van der Waals surface area contributed by atoms with Crippen molar-refractivity contribution in [1.29, 1.82) is 0 Å². The Morgan fingerprint density at radius 2 is 1.58 bits per heavy atom. The van der Waals surface area contributed by atoms with Gasteiger partial charge in [0.25, 0.3) is 5.56 Å². The Balaban J connectivity index is 1.30. The van der Waals surface area contributed by atoms with Gasteiger partial charge >= 0.3 is 5.97 Å².